The highest BCUT2D eigenvalue weighted by atomic mass is 79.9. The topological polar surface area (TPSA) is 64.0 Å². The molecule has 0 aliphatic heterocycles. The third-order valence-electron chi connectivity index (χ3n) is 2.43. The molecule has 0 aliphatic rings. The largest absolute Gasteiger partial charge is 0.277 e. The van der Waals surface area contributed by atoms with Crippen molar-refractivity contribution in [3.05, 3.63) is 40.4 Å². The smallest absolute Gasteiger partial charge is 0.265 e. The van der Waals surface area contributed by atoms with Crippen LogP contribution in [0.4, 0.5) is 10.1 Å². The SMILES string of the molecule is Cc1nn(C)cc1S(=O)(=O)Nc1ccc(Br)cc1F. The monoisotopic (exact) mass is 347 g/mol. The van der Waals surface area contributed by atoms with Gasteiger partial charge in [-0.1, -0.05) is 15.9 Å². The Bertz CT molecular complexity index is 728. The Morgan fingerprint density at radius 3 is 2.63 bits per heavy atom. The number of hydrogen-bond acceptors (Lipinski definition) is 3. The number of rotatable bonds is 3. The summed E-state index contributed by atoms with van der Waals surface area (Å²) in [6.45, 7) is 1.58. The van der Waals surface area contributed by atoms with Gasteiger partial charge in [0.1, 0.15) is 10.7 Å². The standard InChI is InChI=1S/C11H11BrFN3O2S/c1-7-11(6-16(2)14-7)19(17,18)15-10-4-3-8(12)5-9(10)13/h3-6,15H,1-2H3. The summed E-state index contributed by atoms with van der Waals surface area (Å²) < 4.78 is 42.0. The molecule has 0 radical (unpaired) electrons. The zero-order valence-corrected chi connectivity index (χ0v) is 12.6. The Balaban J connectivity index is 2.39. The van der Waals surface area contributed by atoms with Crippen molar-refractivity contribution in [2.75, 3.05) is 4.72 Å². The molecular formula is C11H11BrFN3O2S. The average molecular weight is 348 g/mol. The van der Waals surface area contributed by atoms with E-state index in [4.69, 9.17) is 0 Å². The molecule has 0 bridgehead atoms. The van der Waals surface area contributed by atoms with E-state index < -0.39 is 15.8 Å². The molecule has 0 amide bonds. The third-order valence-corrected chi connectivity index (χ3v) is 4.40. The van der Waals surface area contributed by atoms with Gasteiger partial charge in [0.2, 0.25) is 0 Å². The van der Waals surface area contributed by atoms with Crippen LogP contribution in [0.2, 0.25) is 0 Å². The van der Waals surface area contributed by atoms with E-state index in [0.717, 1.165) is 0 Å². The molecule has 0 aliphatic carbocycles. The first-order chi connectivity index (χ1) is 8.79. The Kier molecular flexibility index (Phi) is 3.64. The van der Waals surface area contributed by atoms with E-state index in [1.54, 1.807) is 20.0 Å². The molecule has 1 heterocycles. The summed E-state index contributed by atoms with van der Waals surface area (Å²) in [5.74, 6) is -0.653. The lowest BCUT2D eigenvalue weighted by Gasteiger charge is -2.08. The molecule has 0 saturated carbocycles. The van der Waals surface area contributed by atoms with Gasteiger partial charge < -0.3 is 0 Å². The van der Waals surface area contributed by atoms with E-state index in [-0.39, 0.29) is 10.6 Å². The predicted molar refractivity (Wildman–Crippen MR) is 72.9 cm³/mol. The van der Waals surface area contributed by atoms with Gasteiger partial charge in [0.15, 0.2) is 0 Å². The summed E-state index contributed by atoms with van der Waals surface area (Å²) in [4.78, 5) is 0.0253. The zero-order chi connectivity index (χ0) is 14.2. The van der Waals surface area contributed by atoms with Crippen LogP contribution in [-0.4, -0.2) is 18.2 Å². The molecule has 0 saturated heterocycles. The maximum absolute atomic E-state index is 13.6. The van der Waals surface area contributed by atoms with E-state index in [1.807, 2.05) is 0 Å². The number of anilines is 1. The summed E-state index contributed by atoms with van der Waals surface area (Å²) in [5, 5.41) is 3.95. The fourth-order valence-corrected chi connectivity index (χ4v) is 3.23. The average Bonchev–Trinajstić information content (AvgIpc) is 2.63. The first-order valence-corrected chi connectivity index (χ1v) is 7.55. The maximum atomic E-state index is 13.6. The van der Waals surface area contributed by atoms with Crippen molar-refractivity contribution in [3.63, 3.8) is 0 Å². The van der Waals surface area contributed by atoms with Gasteiger partial charge >= 0.3 is 0 Å². The molecule has 5 nitrogen and oxygen atoms in total. The second kappa shape index (κ2) is 4.93. The van der Waals surface area contributed by atoms with Gasteiger partial charge in [-0.15, -0.1) is 0 Å². The number of sulfonamides is 1. The number of benzene rings is 1. The van der Waals surface area contributed by atoms with Crippen molar-refractivity contribution in [2.45, 2.75) is 11.8 Å². The van der Waals surface area contributed by atoms with Crippen LogP contribution in [0.5, 0.6) is 0 Å². The Morgan fingerprint density at radius 2 is 2.11 bits per heavy atom. The number of aromatic nitrogens is 2. The van der Waals surface area contributed by atoms with Gasteiger partial charge in [0, 0.05) is 17.7 Å². The Morgan fingerprint density at radius 1 is 1.42 bits per heavy atom. The summed E-state index contributed by atoms with van der Waals surface area (Å²) in [5.41, 5.74) is 0.249. The number of aryl methyl sites for hydroxylation is 2. The van der Waals surface area contributed by atoms with Crippen molar-refractivity contribution < 1.29 is 12.8 Å². The molecule has 2 rings (SSSR count). The molecule has 102 valence electrons. The lowest BCUT2D eigenvalue weighted by atomic mass is 10.3. The van der Waals surface area contributed by atoms with Gasteiger partial charge in [0.25, 0.3) is 10.0 Å². The molecule has 0 fully saturated rings. The van der Waals surface area contributed by atoms with E-state index in [2.05, 4.69) is 25.8 Å². The molecule has 0 unspecified atom stereocenters. The second-order valence-corrected chi connectivity index (χ2v) is 6.55. The van der Waals surface area contributed by atoms with Crippen LogP contribution in [0.25, 0.3) is 0 Å². The molecule has 2 aromatic rings. The molecule has 19 heavy (non-hydrogen) atoms. The van der Waals surface area contributed by atoms with Gasteiger partial charge in [-0.25, -0.2) is 12.8 Å². The van der Waals surface area contributed by atoms with Crippen molar-refractivity contribution >= 4 is 31.6 Å². The lowest BCUT2D eigenvalue weighted by molar-refractivity contribution is 0.598. The maximum Gasteiger partial charge on any atom is 0.265 e. The minimum absolute atomic E-state index is 0.0253. The summed E-state index contributed by atoms with van der Waals surface area (Å²) in [7, 11) is -2.23. The number of halogens is 2. The Hall–Kier alpha value is -1.41. The zero-order valence-electron chi connectivity index (χ0n) is 10.2. The van der Waals surface area contributed by atoms with Gasteiger partial charge in [-0.2, -0.15) is 5.10 Å². The van der Waals surface area contributed by atoms with Gasteiger partial charge in [0.05, 0.1) is 11.4 Å². The lowest BCUT2D eigenvalue weighted by Crippen LogP contribution is -2.14. The fourth-order valence-electron chi connectivity index (χ4n) is 1.61. The number of hydrogen-bond donors (Lipinski definition) is 1. The van der Waals surface area contributed by atoms with Crippen molar-refractivity contribution in [2.24, 2.45) is 7.05 Å². The molecule has 1 aromatic carbocycles. The minimum Gasteiger partial charge on any atom is -0.277 e. The molecule has 1 aromatic heterocycles. The first kappa shape index (κ1) is 14.0. The quantitative estimate of drug-likeness (QED) is 0.927. The van der Waals surface area contributed by atoms with E-state index >= 15 is 0 Å². The number of nitrogens with zero attached hydrogens (tertiary/aromatic N) is 2. The van der Waals surface area contributed by atoms with Crippen LogP contribution in [-0.2, 0) is 17.1 Å². The van der Waals surface area contributed by atoms with Crippen molar-refractivity contribution in [3.8, 4) is 0 Å². The van der Waals surface area contributed by atoms with Crippen molar-refractivity contribution in [1.29, 1.82) is 0 Å². The van der Waals surface area contributed by atoms with Gasteiger partial charge in [-0.05, 0) is 25.1 Å². The highest BCUT2D eigenvalue weighted by molar-refractivity contribution is 9.10. The van der Waals surface area contributed by atoms with E-state index in [9.17, 15) is 12.8 Å². The molecule has 0 atom stereocenters. The highest BCUT2D eigenvalue weighted by Crippen LogP contribution is 2.23. The fraction of sp³-hybridized carbons (Fsp3) is 0.182. The molecule has 0 spiro atoms. The normalized spacial score (nSPS) is 11.6. The predicted octanol–water partition coefficient (Wildman–Crippen LogP) is 2.43. The third kappa shape index (κ3) is 2.95. The van der Waals surface area contributed by atoms with Crippen LogP contribution in [0, 0.1) is 12.7 Å². The second-order valence-electron chi connectivity index (χ2n) is 3.98. The van der Waals surface area contributed by atoms with Gasteiger partial charge in [-0.3, -0.25) is 9.40 Å². The van der Waals surface area contributed by atoms with E-state index in [0.29, 0.717) is 10.2 Å². The van der Waals surface area contributed by atoms with Crippen molar-refractivity contribution in [1.82, 2.24) is 9.78 Å². The van der Waals surface area contributed by atoms with Crippen LogP contribution < -0.4 is 4.72 Å². The summed E-state index contributed by atoms with van der Waals surface area (Å²) in [6, 6.07) is 4.09. The summed E-state index contributed by atoms with van der Waals surface area (Å²) in [6.07, 6.45) is 1.37. The highest BCUT2D eigenvalue weighted by Gasteiger charge is 2.21. The molecular weight excluding hydrogens is 337 g/mol. The molecule has 8 heteroatoms. The summed E-state index contributed by atoms with van der Waals surface area (Å²) >= 11 is 3.11. The van der Waals surface area contributed by atoms with Crippen LogP contribution in [0.15, 0.2) is 33.8 Å². The Labute approximate surface area is 118 Å². The van der Waals surface area contributed by atoms with Crippen LogP contribution in [0.3, 0.4) is 0 Å². The van der Waals surface area contributed by atoms with Crippen LogP contribution in [0.1, 0.15) is 5.69 Å². The molecule has 1 N–H and O–H groups in total. The first-order valence-electron chi connectivity index (χ1n) is 5.28. The minimum atomic E-state index is -3.85. The van der Waals surface area contributed by atoms with Crippen LogP contribution >= 0.6 is 15.9 Å². The van der Waals surface area contributed by atoms with E-state index in [1.165, 1.54) is 23.0 Å². The number of nitrogens with one attached hydrogen (secondary N) is 1.